The lowest BCUT2D eigenvalue weighted by Gasteiger charge is -2.47. The fourth-order valence-corrected chi connectivity index (χ4v) is 5.27. The number of methoxy groups -OCH3 is 1. The molecule has 39 heavy (non-hydrogen) atoms. The molecule has 5 rings (SSSR count). The number of hydrogen-bond donors (Lipinski definition) is 2. The first-order valence-electron chi connectivity index (χ1n) is 11.9. The van der Waals surface area contributed by atoms with Crippen LogP contribution in [0.5, 0.6) is 5.88 Å². The molecule has 0 saturated carbocycles. The molecule has 1 saturated heterocycles. The van der Waals surface area contributed by atoms with Gasteiger partial charge in [-0.15, -0.1) is 5.10 Å². The van der Waals surface area contributed by atoms with Crippen molar-refractivity contribution in [1.82, 2.24) is 24.9 Å². The summed E-state index contributed by atoms with van der Waals surface area (Å²) in [4.78, 5) is 17.6. The van der Waals surface area contributed by atoms with Crippen LogP contribution in [0.15, 0.2) is 48.7 Å². The van der Waals surface area contributed by atoms with Crippen LogP contribution in [0.4, 0.5) is 18.0 Å². The van der Waals surface area contributed by atoms with Gasteiger partial charge in [0.05, 0.1) is 35.1 Å². The Bertz CT molecular complexity index is 1550. The van der Waals surface area contributed by atoms with Gasteiger partial charge in [0, 0.05) is 43.4 Å². The Kier molecular flexibility index (Phi) is 6.63. The summed E-state index contributed by atoms with van der Waals surface area (Å²) in [5, 5.41) is 20.8. The summed E-state index contributed by atoms with van der Waals surface area (Å²) in [5.74, 6) is -0.168. The van der Waals surface area contributed by atoms with E-state index in [4.69, 9.17) is 22.1 Å². The van der Waals surface area contributed by atoms with Crippen molar-refractivity contribution in [1.29, 1.82) is 0 Å². The predicted molar refractivity (Wildman–Crippen MR) is 136 cm³/mol. The Hall–Kier alpha value is -3.90. The summed E-state index contributed by atoms with van der Waals surface area (Å²) in [6.45, 7) is 0.450. The molecule has 3 N–H and O–H groups in total. The highest BCUT2D eigenvalue weighted by Gasteiger charge is 2.49. The topological polar surface area (TPSA) is 119 Å². The number of carbonyl (C=O) groups excluding carboxylic acids is 1. The van der Waals surface area contributed by atoms with Crippen LogP contribution in [0, 0.1) is 5.92 Å². The molecular formula is C26H24ClF3N6O3. The number of nitrogens with zero attached hydrogens (tertiary/aromatic N) is 5. The molecule has 13 heteroatoms. The van der Waals surface area contributed by atoms with Crippen molar-refractivity contribution in [3.8, 4) is 5.88 Å². The minimum Gasteiger partial charge on any atom is -0.481 e. The quantitative estimate of drug-likeness (QED) is 0.369. The monoisotopic (exact) mass is 560 g/mol. The Labute approximate surface area is 225 Å². The Balaban J connectivity index is 1.59. The summed E-state index contributed by atoms with van der Waals surface area (Å²) >= 11 is 6.87. The number of urea groups is 1. The number of likely N-dealkylation sites (tertiary alicyclic amines) is 1. The normalized spacial score (nSPS) is 15.7. The van der Waals surface area contributed by atoms with Crippen LogP contribution in [-0.2, 0) is 25.2 Å². The average molecular weight is 561 g/mol. The van der Waals surface area contributed by atoms with Crippen LogP contribution >= 0.6 is 11.6 Å². The van der Waals surface area contributed by atoms with Crippen molar-refractivity contribution in [3.05, 3.63) is 81.6 Å². The van der Waals surface area contributed by atoms with Gasteiger partial charge >= 0.3 is 12.2 Å². The average Bonchev–Trinajstić information content (AvgIpc) is 3.30. The Morgan fingerprint density at radius 1 is 1.18 bits per heavy atom. The van der Waals surface area contributed by atoms with E-state index < -0.39 is 29.3 Å². The molecule has 3 heterocycles. The molecule has 0 aliphatic carbocycles. The summed E-state index contributed by atoms with van der Waals surface area (Å²) in [7, 11) is 3.09. The molecule has 1 fully saturated rings. The highest BCUT2D eigenvalue weighted by Crippen LogP contribution is 2.43. The Morgan fingerprint density at radius 3 is 2.41 bits per heavy atom. The number of hydrogen-bond acceptors (Lipinski definition) is 6. The van der Waals surface area contributed by atoms with Gasteiger partial charge in [0.1, 0.15) is 5.60 Å². The zero-order chi connectivity index (χ0) is 28.1. The van der Waals surface area contributed by atoms with Gasteiger partial charge in [-0.1, -0.05) is 35.0 Å². The molecule has 1 aliphatic heterocycles. The maximum Gasteiger partial charge on any atom is 0.416 e. The van der Waals surface area contributed by atoms with Gasteiger partial charge in [-0.05, 0) is 35.4 Å². The predicted octanol–water partition coefficient (Wildman–Crippen LogP) is 3.88. The fraction of sp³-hybridized carbons (Fsp3) is 0.308. The maximum absolute atomic E-state index is 13.0. The van der Waals surface area contributed by atoms with E-state index in [0.29, 0.717) is 33.3 Å². The second-order valence-corrected chi connectivity index (χ2v) is 9.84. The van der Waals surface area contributed by atoms with Crippen LogP contribution in [0.3, 0.4) is 0 Å². The third-order valence-corrected chi connectivity index (χ3v) is 7.59. The third kappa shape index (κ3) is 4.63. The molecule has 9 nitrogen and oxygen atoms in total. The van der Waals surface area contributed by atoms with Gasteiger partial charge in [-0.25, -0.2) is 14.5 Å². The SMILES string of the molecule is COc1nc2ccc(C(O)(c3cnnn3C)C3CN(C(N)=O)C3)cc2c(Cl)c1Cc1ccc(C(F)(F)F)cc1. The van der Waals surface area contributed by atoms with E-state index in [-0.39, 0.29) is 30.4 Å². The van der Waals surface area contributed by atoms with E-state index in [1.165, 1.54) is 35.0 Å². The number of fused-ring (bicyclic) bond motifs is 1. The van der Waals surface area contributed by atoms with E-state index >= 15 is 0 Å². The molecule has 2 aromatic carbocycles. The fourth-order valence-electron chi connectivity index (χ4n) is 4.97. The van der Waals surface area contributed by atoms with E-state index in [1.54, 1.807) is 25.2 Å². The first kappa shape index (κ1) is 26.7. The third-order valence-electron chi connectivity index (χ3n) is 7.16. The number of halogens is 4. The highest BCUT2D eigenvalue weighted by molar-refractivity contribution is 6.36. The van der Waals surface area contributed by atoms with Crippen LogP contribution in [0.2, 0.25) is 5.02 Å². The number of nitrogens with two attached hydrogens (primary N) is 1. The van der Waals surface area contributed by atoms with Crippen molar-refractivity contribution in [2.45, 2.75) is 18.2 Å². The smallest absolute Gasteiger partial charge is 0.416 e. The van der Waals surface area contributed by atoms with Gasteiger partial charge in [0.25, 0.3) is 0 Å². The largest absolute Gasteiger partial charge is 0.481 e. The lowest BCUT2D eigenvalue weighted by atomic mass is 9.74. The van der Waals surface area contributed by atoms with Crippen molar-refractivity contribution in [3.63, 3.8) is 0 Å². The summed E-state index contributed by atoms with van der Waals surface area (Å²) in [6, 6.07) is 9.32. The number of carbonyl (C=O) groups is 1. The zero-order valence-corrected chi connectivity index (χ0v) is 21.7. The van der Waals surface area contributed by atoms with Crippen molar-refractivity contribution in [2.75, 3.05) is 20.2 Å². The number of rotatable bonds is 6. The van der Waals surface area contributed by atoms with Crippen molar-refractivity contribution < 1.29 is 27.8 Å². The number of amides is 2. The van der Waals surface area contributed by atoms with E-state index in [9.17, 15) is 23.1 Å². The lowest BCUT2D eigenvalue weighted by Crippen LogP contribution is -2.60. The van der Waals surface area contributed by atoms with E-state index in [2.05, 4.69) is 15.3 Å². The number of alkyl halides is 3. The lowest BCUT2D eigenvalue weighted by molar-refractivity contribution is -0.137. The molecule has 1 atom stereocenters. The maximum atomic E-state index is 13.0. The Morgan fingerprint density at radius 2 is 1.85 bits per heavy atom. The van der Waals surface area contributed by atoms with Crippen LogP contribution < -0.4 is 10.5 Å². The molecule has 1 aliphatic rings. The van der Waals surface area contributed by atoms with Crippen LogP contribution in [-0.4, -0.2) is 56.2 Å². The number of pyridine rings is 1. The molecule has 204 valence electrons. The van der Waals surface area contributed by atoms with Crippen LogP contribution in [0.1, 0.15) is 27.9 Å². The highest BCUT2D eigenvalue weighted by atomic mass is 35.5. The van der Waals surface area contributed by atoms with Gasteiger partial charge in [-0.2, -0.15) is 13.2 Å². The molecule has 2 amide bonds. The minimum absolute atomic E-state index is 0.166. The molecule has 1 unspecified atom stereocenters. The van der Waals surface area contributed by atoms with E-state index in [1.807, 2.05) is 0 Å². The number of ether oxygens (including phenoxy) is 1. The standard InChI is InChI=1S/C26H24ClF3N6O3/c1-35-21(11-32-34-35)25(38,17-12-36(13-17)24(31)37)16-7-8-20-18(10-16)22(27)19(23(33-20)39-2)9-14-3-5-15(6-4-14)26(28,29)30/h3-8,10-11,17,38H,9,12-13H2,1-2H3,(H2,31,37). The zero-order valence-electron chi connectivity index (χ0n) is 20.9. The molecule has 2 aromatic heterocycles. The van der Waals surface area contributed by atoms with E-state index in [0.717, 1.165) is 12.1 Å². The molecule has 0 bridgehead atoms. The minimum atomic E-state index is -4.44. The van der Waals surface area contributed by atoms with Crippen molar-refractivity contribution in [2.24, 2.45) is 18.7 Å². The number of aromatic nitrogens is 4. The molecule has 0 radical (unpaired) electrons. The van der Waals surface area contributed by atoms with Crippen molar-refractivity contribution >= 4 is 28.5 Å². The van der Waals surface area contributed by atoms with Crippen LogP contribution in [0.25, 0.3) is 10.9 Å². The molecule has 4 aromatic rings. The van der Waals surface area contributed by atoms with Gasteiger partial charge in [0.2, 0.25) is 5.88 Å². The number of aryl methyl sites for hydroxylation is 1. The molecule has 0 spiro atoms. The summed E-state index contributed by atoms with van der Waals surface area (Å²) < 4.78 is 45.9. The van der Waals surface area contributed by atoms with Gasteiger partial charge in [-0.3, -0.25) is 0 Å². The summed E-state index contributed by atoms with van der Waals surface area (Å²) in [5.41, 5.74) is 5.52. The molecular weight excluding hydrogens is 537 g/mol. The van der Waals surface area contributed by atoms with Gasteiger partial charge in [0.15, 0.2) is 0 Å². The number of aliphatic hydroxyl groups is 1. The number of benzene rings is 2. The number of primary amides is 1. The second-order valence-electron chi connectivity index (χ2n) is 9.47. The van der Waals surface area contributed by atoms with Gasteiger partial charge < -0.3 is 20.5 Å². The first-order valence-corrected chi connectivity index (χ1v) is 12.3. The first-order chi connectivity index (χ1) is 18.4. The second kappa shape index (κ2) is 9.69. The summed E-state index contributed by atoms with van der Waals surface area (Å²) in [6.07, 6.45) is -2.82.